The van der Waals surface area contributed by atoms with E-state index in [1.165, 1.54) is 0 Å². The van der Waals surface area contributed by atoms with Crippen LogP contribution in [0.2, 0.25) is 0 Å². The van der Waals surface area contributed by atoms with E-state index in [9.17, 15) is 9.59 Å². The molecule has 2 heterocycles. The Bertz CT molecular complexity index is 668. The van der Waals surface area contributed by atoms with Gasteiger partial charge in [-0.2, -0.15) is 0 Å². The molecule has 9 atom stereocenters. The van der Waals surface area contributed by atoms with Gasteiger partial charge in [-0.3, -0.25) is 9.59 Å². The van der Waals surface area contributed by atoms with E-state index >= 15 is 0 Å². The summed E-state index contributed by atoms with van der Waals surface area (Å²) >= 11 is 0. The Morgan fingerprint density at radius 2 is 1.84 bits per heavy atom. The number of hydrogen-bond donors (Lipinski definition) is 1. The van der Waals surface area contributed by atoms with Crippen LogP contribution in [0.25, 0.3) is 0 Å². The zero-order valence-electron chi connectivity index (χ0n) is 19.9. The minimum Gasteiger partial charge on any atom is -0.458 e. The number of carbonyl (C=O) groups is 2. The van der Waals surface area contributed by atoms with Crippen molar-refractivity contribution in [1.82, 2.24) is 5.32 Å². The fraction of sp³-hybridized carbons (Fsp3) is 0.826. The lowest BCUT2D eigenvalue weighted by atomic mass is 9.73. The van der Waals surface area contributed by atoms with E-state index in [-0.39, 0.29) is 42.2 Å². The molecule has 31 heavy (non-hydrogen) atoms. The first kappa shape index (κ1) is 26.9. The molecule has 8 heteroatoms. The van der Waals surface area contributed by atoms with Crippen molar-refractivity contribution in [1.29, 1.82) is 0 Å². The van der Waals surface area contributed by atoms with Crippen LogP contribution < -0.4 is 5.32 Å². The molecule has 0 radical (unpaired) electrons. The van der Waals surface area contributed by atoms with E-state index < -0.39 is 11.5 Å². The van der Waals surface area contributed by atoms with Gasteiger partial charge in [0.15, 0.2) is 0 Å². The predicted octanol–water partition coefficient (Wildman–Crippen LogP) is 4.39. The van der Waals surface area contributed by atoms with Gasteiger partial charge in [0.05, 0.1) is 24.0 Å². The van der Waals surface area contributed by atoms with Gasteiger partial charge in [0.1, 0.15) is 11.9 Å². The fourth-order valence-corrected chi connectivity index (χ4v) is 5.72. The molecule has 0 aromatic carbocycles. The van der Waals surface area contributed by atoms with Crippen molar-refractivity contribution in [3.8, 4) is 0 Å². The van der Waals surface area contributed by atoms with E-state index in [0.29, 0.717) is 12.1 Å². The van der Waals surface area contributed by atoms with Crippen LogP contribution in [0.3, 0.4) is 0 Å². The Kier molecular flexibility index (Phi) is 10.1. The summed E-state index contributed by atoms with van der Waals surface area (Å²) in [5, 5.41) is 3.54. The van der Waals surface area contributed by atoms with Gasteiger partial charge in [0.2, 0.25) is 0 Å². The fourth-order valence-electron chi connectivity index (χ4n) is 4.77. The second kappa shape index (κ2) is 11.7. The first-order valence-electron chi connectivity index (χ1n) is 11.4. The minimum atomic E-state index is -0.868. The largest absolute Gasteiger partial charge is 0.458 e. The lowest BCUT2D eigenvalue weighted by Gasteiger charge is -2.37. The van der Waals surface area contributed by atoms with Crippen LogP contribution in [0.1, 0.15) is 73.6 Å². The van der Waals surface area contributed by atoms with Crippen molar-refractivity contribution in [2.75, 3.05) is 0 Å². The Labute approximate surface area is 192 Å². The van der Waals surface area contributed by atoms with Gasteiger partial charge in [-0.15, -0.1) is 0 Å². The van der Waals surface area contributed by atoms with Crippen LogP contribution in [0.5, 0.6) is 0 Å². The average Bonchev–Trinajstić information content (AvgIpc) is 3.47. The molecule has 8 unspecified atom stereocenters. The molecule has 0 aromatic heterocycles. The summed E-state index contributed by atoms with van der Waals surface area (Å²) in [6, 6.07) is 0.831. The molecule has 1 N–H and O–H groups in total. The van der Waals surface area contributed by atoms with Gasteiger partial charge in [-0.05, 0) is 38.2 Å². The zero-order chi connectivity index (χ0) is 23.3. The Hall–Kier alpha value is -0.380. The first-order valence-corrected chi connectivity index (χ1v) is 12.3. The highest BCUT2D eigenvalue weighted by Gasteiger charge is 2.45. The van der Waals surface area contributed by atoms with Crippen LogP contribution in [0, 0.1) is 17.3 Å². The smallest absolute Gasteiger partial charge is 0.309 e. The maximum atomic E-state index is 13.5. The molecule has 0 aliphatic carbocycles. The van der Waals surface area contributed by atoms with Crippen LogP contribution in [-0.2, 0) is 23.4 Å². The molecule has 2 aliphatic heterocycles. The number of fused-ring (bicyclic) bond motifs is 1. The van der Waals surface area contributed by atoms with Crippen molar-refractivity contribution in [3.05, 3.63) is 11.6 Å². The second-order valence-electron chi connectivity index (χ2n) is 9.84. The highest BCUT2D eigenvalue weighted by Crippen LogP contribution is 2.36. The van der Waals surface area contributed by atoms with Gasteiger partial charge in [0, 0.05) is 43.4 Å². The van der Waals surface area contributed by atoms with Gasteiger partial charge < -0.3 is 19.1 Å². The number of ketones is 1. The van der Waals surface area contributed by atoms with Gasteiger partial charge in [0.25, 0.3) is 0 Å². The summed E-state index contributed by atoms with van der Waals surface area (Å²) in [7, 11) is 4.56. The molecule has 2 rings (SSSR count). The molecule has 2 saturated heterocycles. The monoisotopic (exact) mass is 473 g/mol. The molecular weight excluding hydrogens is 432 g/mol. The molecule has 0 saturated carbocycles. The highest BCUT2D eigenvalue weighted by atomic mass is 31.0. The normalized spacial score (nSPS) is 38.3. The lowest BCUT2D eigenvalue weighted by Crippen LogP contribution is -2.46. The molecule has 0 spiro atoms. The van der Waals surface area contributed by atoms with Crippen molar-refractivity contribution < 1.29 is 23.4 Å². The molecule has 2 aliphatic rings. The van der Waals surface area contributed by atoms with Crippen molar-refractivity contribution in [2.24, 2.45) is 17.3 Å². The summed E-state index contributed by atoms with van der Waals surface area (Å²) in [5.41, 5.74) is 0.176. The van der Waals surface area contributed by atoms with E-state index in [1.54, 1.807) is 0 Å². The number of cyclic esters (lactones) is 1. The topological polar surface area (TPSA) is 83.8 Å². The standard InChI is InChI=1S/C23H41NO5P2/c1-7-13(2)18-11-17-16(24-17)10-8-9-14(3)21(29-31)15(4)22(26)23(5,6)19(28-30)12-20(25)27-18/h7,14-19,21,24H,8-12,30-31H2,1-6H3/b13-7+/t14?,15-,16?,17?,18?,19?,21?/m1/s1. The van der Waals surface area contributed by atoms with E-state index in [2.05, 4.69) is 31.2 Å². The number of nitrogens with one attached hydrogen (secondary N) is 1. The lowest BCUT2D eigenvalue weighted by molar-refractivity contribution is -0.152. The highest BCUT2D eigenvalue weighted by molar-refractivity contribution is 7.10. The number of ether oxygens (including phenoxy) is 1. The summed E-state index contributed by atoms with van der Waals surface area (Å²) in [6.07, 6.45) is 4.86. The Balaban J connectivity index is 2.29. The average molecular weight is 474 g/mol. The van der Waals surface area contributed by atoms with Crippen molar-refractivity contribution in [2.45, 2.75) is 104 Å². The Morgan fingerprint density at radius 3 is 2.42 bits per heavy atom. The summed E-state index contributed by atoms with van der Waals surface area (Å²) in [6.45, 7) is 11.7. The summed E-state index contributed by atoms with van der Waals surface area (Å²) in [4.78, 5) is 26.3. The molecule has 0 bridgehead atoms. The van der Waals surface area contributed by atoms with E-state index in [1.807, 2.05) is 40.7 Å². The van der Waals surface area contributed by atoms with Gasteiger partial charge in [-0.1, -0.05) is 40.2 Å². The maximum absolute atomic E-state index is 13.5. The second-order valence-corrected chi connectivity index (χ2v) is 10.4. The third kappa shape index (κ3) is 6.81. The van der Waals surface area contributed by atoms with Crippen LogP contribution in [-0.4, -0.2) is 42.1 Å². The van der Waals surface area contributed by atoms with Crippen LogP contribution in [0.4, 0.5) is 0 Å². The quantitative estimate of drug-likeness (QED) is 0.283. The summed E-state index contributed by atoms with van der Waals surface area (Å²) < 4.78 is 17.1. The molecule has 0 aromatic rings. The number of Topliss-reactive ketones (excluding diaryl/α,β-unsaturated/α-hetero) is 1. The Morgan fingerprint density at radius 1 is 1.16 bits per heavy atom. The van der Waals surface area contributed by atoms with Gasteiger partial charge >= 0.3 is 5.97 Å². The van der Waals surface area contributed by atoms with Crippen LogP contribution >= 0.6 is 18.9 Å². The SMILES string of the molecule is C/C=C(\C)C1CC2NC2CCCC(C)C(OP)[C@@H](C)C(=O)C(C)(C)C(OP)CC(=O)O1. The van der Waals surface area contributed by atoms with Gasteiger partial charge in [-0.25, -0.2) is 0 Å². The zero-order valence-corrected chi connectivity index (χ0v) is 22.2. The first-order chi connectivity index (χ1) is 14.6. The number of allylic oxidation sites excluding steroid dienone is 1. The predicted molar refractivity (Wildman–Crippen MR) is 129 cm³/mol. The van der Waals surface area contributed by atoms with E-state index in [4.69, 9.17) is 13.8 Å². The molecule has 6 nitrogen and oxygen atoms in total. The third-order valence-corrected chi connectivity index (χ3v) is 7.91. The molecule has 178 valence electrons. The van der Waals surface area contributed by atoms with Crippen LogP contribution in [0.15, 0.2) is 11.6 Å². The molecular formula is C23H41NO5P2. The number of esters is 1. The maximum Gasteiger partial charge on any atom is 0.309 e. The van der Waals surface area contributed by atoms with Crippen molar-refractivity contribution >= 4 is 30.7 Å². The number of hydrogen-bond acceptors (Lipinski definition) is 6. The number of carbonyl (C=O) groups excluding carboxylic acids is 2. The summed E-state index contributed by atoms with van der Waals surface area (Å²) in [5.74, 6) is -0.387. The molecule has 0 amide bonds. The van der Waals surface area contributed by atoms with Crippen molar-refractivity contribution in [3.63, 3.8) is 0 Å². The minimum absolute atomic E-state index is 0.0198. The molecule has 2 fully saturated rings. The third-order valence-electron chi connectivity index (χ3n) is 7.26. The van der Waals surface area contributed by atoms with E-state index in [0.717, 1.165) is 31.3 Å². The number of rotatable bonds is 3.